The second-order valence-electron chi connectivity index (χ2n) is 10.2. The summed E-state index contributed by atoms with van der Waals surface area (Å²) in [6.07, 6.45) is 4.81. The highest BCUT2D eigenvalue weighted by Crippen LogP contribution is 2.44. The van der Waals surface area contributed by atoms with Crippen LogP contribution in [0.15, 0.2) is 0 Å². The number of nitrogens with one attached hydrogen (secondary N) is 2. The highest BCUT2D eigenvalue weighted by Gasteiger charge is 2.46. The normalized spacial score (nSPS) is 23.5. The largest absolute Gasteiger partial charge is 0.453 e. The number of rotatable bonds is 9. The van der Waals surface area contributed by atoms with Crippen molar-refractivity contribution in [2.24, 2.45) is 29.1 Å². The third kappa shape index (κ3) is 6.01. The minimum atomic E-state index is -0.612. The molecule has 0 spiro atoms. The van der Waals surface area contributed by atoms with E-state index in [9.17, 15) is 19.2 Å². The Morgan fingerprint density at radius 1 is 0.781 bits per heavy atom. The Balaban J connectivity index is 2.08. The van der Waals surface area contributed by atoms with Crippen LogP contribution in [0.2, 0.25) is 0 Å². The second-order valence-corrected chi connectivity index (χ2v) is 10.2. The maximum Gasteiger partial charge on any atom is 0.407 e. The molecule has 2 fully saturated rings. The van der Waals surface area contributed by atoms with Crippen LogP contribution >= 0.6 is 0 Å². The molecule has 0 aliphatic heterocycles. The predicted molar refractivity (Wildman–Crippen MR) is 120 cm³/mol. The van der Waals surface area contributed by atoms with Crippen LogP contribution < -0.4 is 10.6 Å². The molecule has 2 unspecified atom stereocenters. The molecule has 0 radical (unpaired) electrons. The van der Waals surface area contributed by atoms with Gasteiger partial charge in [-0.05, 0) is 56.3 Å². The predicted octanol–water partition coefficient (Wildman–Crippen LogP) is 3.86. The first-order valence-corrected chi connectivity index (χ1v) is 11.8. The highest BCUT2D eigenvalue weighted by atomic mass is 16.5. The van der Waals surface area contributed by atoms with Crippen LogP contribution in [0.5, 0.6) is 0 Å². The van der Waals surface area contributed by atoms with Crippen LogP contribution in [0.4, 0.5) is 9.59 Å². The molecule has 0 bridgehead atoms. The summed E-state index contributed by atoms with van der Waals surface area (Å²) in [5.41, 5.74) is -0.612. The Kier molecular flexibility index (Phi) is 9.10. The van der Waals surface area contributed by atoms with Gasteiger partial charge in [0.05, 0.1) is 26.3 Å². The average molecular weight is 453 g/mol. The lowest BCUT2D eigenvalue weighted by Gasteiger charge is -2.43. The molecule has 2 amide bonds. The van der Waals surface area contributed by atoms with Crippen molar-refractivity contribution in [3.63, 3.8) is 0 Å². The molecule has 182 valence electrons. The third-order valence-corrected chi connectivity index (χ3v) is 7.60. The standard InChI is InChI=1S/C24H40N2O6/c1-14(2)20(27)18(25-22(29)31-5)16-10-12-17(13-11-16)24(3,4)21(28)19(15-8-7-9-15)26-23(30)32-6/h14-19H,7-13H2,1-6H3,(H,25,29)(H,26,30). The van der Waals surface area contributed by atoms with E-state index in [1.165, 1.54) is 14.2 Å². The zero-order chi connectivity index (χ0) is 24.1. The van der Waals surface area contributed by atoms with E-state index in [1.54, 1.807) is 0 Å². The molecular weight excluding hydrogens is 412 g/mol. The van der Waals surface area contributed by atoms with Crippen molar-refractivity contribution in [1.82, 2.24) is 10.6 Å². The molecule has 0 saturated heterocycles. The SMILES string of the molecule is COC(=O)NC(C(=O)C(C)C)C1CCC(C(C)(C)C(=O)C(NC(=O)OC)C2CCC2)CC1. The van der Waals surface area contributed by atoms with Gasteiger partial charge in [0.15, 0.2) is 11.6 Å². The van der Waals surface area contributed by atoms with Crippen molar-refractivity contribution < 1.29 is 28.7 Å². The third-order valence-electron chi connectivity index (χ3n) is 7.60. The van der Waals surface area contributed by atoms with Gasteiger partial charge in [-0.3, -0.25) is 9.59 Å². The zero-order valence-corrected chi connectivity index (χ0v) is 20.4. The monoisotopic (exact) mass is 452 g/mol. The van der Waals surface area contributed by atoms with Crippen molar-refractivity contribution >= 4 is 23.8 Å². The molecule has 8 heteroatoms. The minimum Gasteiger partial charge on any atom is -0.453 e. The van der Waals surface area contributed by atoms with Crippen molar-refractivity contribution in [3.05, 3.63) is 0 Å². The van der Waals surface area contributed by atoms with E-state index in [2.05, 4.69) is 10.6 Å². The van der Waals surface area contributed by atoms with Gasteiger partial charge in [0.1, 0.15) is 0 Å². The Morgan fingerprint density at radius 3 is 1.66 bits per heavy atom. The van der Waals surface area contributed by atoms with Crippen molar-refractivity contribution in [1.29, 1.82) is 0 Å². The van der Waals surface area contributed by atoms with E-state index in [-0.39, 0.29) is 35.2 Å². The lowest BCUT2D eigenvalue weighted by atomic mass is 9.62. The molecule has 0 aromatic rings. The first-order valence-electron chi connectivity index (χ1n) is 11.8. The molecule has 0 heterocycles. The minimum absolute atomic E-state index is 0.00140. The summed E-state index contributed by atoms with van der Waals surface area (Å²) < 4.78 is 9.47. The smallest absolute Gasteiger partial charge is 0.407 e. The van der Waals surface area contributed by atoms with E-state index in [4.69, 9.17) is 9.47 Å². The van der Waals surface area contributed by atoms with Gasteiger partial charge in [0.25, 0.3) is 0 Å². The summed E-state index contributed by atoms with van der Waals surface area (Å²) in [6.45, 7) is 7.59. The van der Waals surface area contributed by atoms with Crippen LogP contribution in [0.25, 0.3) is 0 Å². The Morgan fingerprint density at radius 2 is 1.25 bits per heavy atom. The van der Waals surface area contributed by atoms with Crippen LogP contribution in [0.1, 0.15) is 72.6 Å². The fraction of sp³-hybridized carbons (Fsp3) is 0.833. The van der Waals surface area contributed by atoms with Gasteiger partial charge in [-0.15, -0.1) is 0 Å². The number of ketones is 2. The molecule has 2 N–H and O–H groups in total. The van der Waals surface area contributed by atoms with Crippen LogP contribution in [0, 0.1) is 29.1 Å². The molecule has 2 atom stereocenters. The van der Waals surface area contributed by atoms with Crippen molar-refractivity contribution in [2.45, 2.75) is 84.7 Å². The van der Waals surface area contributed by atoms with Gasteiger partial charge in [-0.25, -0.2) is 9.59 Å². The first-order chi connectivity index (χ1) is 15.0. The van der Waals surface area contributed by atoms with Crippen LogP contribution in [-0.4, -0.2) is 50.1 Å². The van der Waals surface area contributed by atoms with Crippen molar-refractivity contribution in [2.75, 3.05) is 14.2 Å². The van der Waals surface area contributed by atoms with Gasteiger partial charge < -0.3 is 20.1 Å². The van der Waals surface area contributed by atoms with E-state index >= 15 is 0 Å². The zero-order valence-electron chi connectivity index (χ0n) is 20.4. The number of ether oxygens (including phenoxy) is 2. The lowest BCUT2D eigenvalue weighted by Crippen LogP contribution is -2.54. The first kappa shape index (κ1) is 26.1. The van der Waals surface area contributed by atoms with E-state index in [0.717, 1.165) is 44.9 Å². The summed E-state index contributed by atoms with van der Waals surface area (Å²) in [5, 5.41) is 5.51. The van der Waals surface area contributed by atoms with E-state index in [1.807, 2.05) is 27.7 Å². The molecule has 2 aliphatic rings. The van der Waals surface area contributed by atoms with Crippen molar-refractivity contribution in [3.8, 4) is 0 Å². The number of hydrogen-bond donors (Lipinski definition) is 2. The summed E-state index contributed by atoms with van der Waals surface area (Å²) in [4.78, 5) is 50.0. The second kappa shape index (κ2) is 11.1. The average Bonchev–Trinajstić information content (AvgIpc) is 2.74. The van der Waals surface area contributed by atoms with Gasteiger partial charge >= 0.3 is 12.2 Å². The molecule has 8 nitrogen and oxygen atoms in total. The maximum atomic E-state index is 13.5. The molecule has 0 aromatic heterocycles. The van der Waals surface area contributed by atoms with Crippen LogP contribution in [0.3, 0.4) is 0 Å². The van der Waals surface area contributed by atoms with Gasteiger partial charge in [-0.2, -0.15) is 0 Å². The topological polar surface area (TPSA) is 111 Å². The quantitative estimate of drug-likeness (QED) is 0.549. The Labute approximate surface area is 191 Å². The number of carbonyl (C=O) groups excluding carboxylic acids is 4. The Bertz CT molecular complexity index is 693. The molecule has 2 aliphatic carbocycles. The van der Waals surface area contributed by atoms with Crippen LogP contribution in [-0.2, 0) is 19.1 Å². The lowest BCUT2D eigenvalue weighted by molar-refractivity contribution is -0.135. The number of amides is 2. The summed E-state index contributed by atoms with van der Waals surface area (Å²) in [6, 6.07) is -1.11. The van der Waals surface area contributed by atoms with Gasteiger partial charge in [-0.1, -0.05) is 34.1 Å². The number of methoxy groups -OCH3 is 2. The molecule has 2 rings (SSSR count). The molecule has 2 saturated carbocycles. The summed E-state index contributed by atoms with van der Waals surface area (Å²) in [7, 11) is 2.60. The fourth-order valence-corrected chi connectivity index (χ4v) is 5.10. The van der Waals surface area contributed by atoms with E-state index in [0.29, 0.717) is 0 Å². The molecule has 32 heavy (non-hydrogen) atoms. The number of Topliss-reactive ketones (excluding diaryl/α,β-unsaturated/α-hetero) is 2. The summed E-state index contributed by atoms with van der Waals surface area (Å²) in [5.74, 6) is 0.179. The summed E-state index contributed by atoms with van der Waals surface area (Å²) >= 11 is 0. The maximum absolute atomic E-state index is 13.5. The fourth-order valence-electron chi connectivity index (χ4n) is 5.10. The number of carbonyl (C=O) groups is 4. The van der Waals surface area contributed by atoms with Gasteiger partial charge in [0, 0.05) is 11.3 Å². The number of hydrogen-bond acceptors (Lipinski definition) is 6. The highest BCUT2D eigenvalue weighted by molar-refractivity contribution is 5.92. The number of alkyl carbamates (subject to hydrolysis) is 2. The van der Waals surface area contributed by atoms with E-state index < -0.39 is 29.7 Å². The molecular formula is C24H40N2O6. The Hall–Kier alpha value is -2.12. The van der Waals surface area contributed by atoms with Gasteiger partial charge in [0.2, 0.25) is 0 Å². The molecule has 0 aromatic carbocycles.